The average molecular weight is 488 g/mol. The number of anilines is 1. The van der Waals surface area contributed by atoms with Crippen LogP contribution < -0.4 is 10.0 Å². The van der Waals surface area contributed by atoms with E-state index >= 15 is 0 Å². The molecular formula is C23H26FN5O4S. The molecule has 2 aromatic heterocycles. The summed E-state index contributed by atoms with van der Waals surface area (Å²) in [6.45, 7) is 2.92. The Morgan fingerprint density at radius 2 is 2.12 bits per heavy atom. The lowest BCUT2D eigenvalue weighted by Gasteiger charge is -2.21. The van der Waals surface area contributed by atoms with Gasteiger partial charge in [-0.2, -0.15) is 5.10 Å². The number of sulfonamides is 1. The highest BCUT2D eigenvalue weighted by molar-refractivity contribution is 7.92. The minimum atomic E-state index is -3.96. The van der Waals surface area contributed by atoms with Gasteiger partial charge >= 0.3 is 5.97 Å². The Morgan fingerprint density at radius 1 is 1.29 bits per heavy atom. The van der Waals surface area contributed by atoms with Gasteiger partial charge < -0.3 is 10.4 Å². The van der Waals surface area contributed by atoms with E-state index in [9.17, 15) is 22.7 Å². The maximum Gasteiger partial charge on any atom is 0.337 e. The maximum absolute atomic E-state index is 14.2. The minimum Gasteiger partial charge on any atom is -0.478 e. The highest BCUT2D eigenvalue weighted by Crippen LogP contribution is 2.48. The van der Waals surface area contributed by atoms with Crippen LogP contribution in [0.5, 0.6) is 0 Å². The lowest BCUT2D eigenvalue weighted by molar-refractivity contribution is 0.0697. The Bertz CT molecular complexity index is 1370. The second kappa shape index (κ2) is 8.62. The van der Waals surface area contributed by atoms with E-state index in [0.29, 0.717) is 6.42 Å². The van der Waals surface area contributed by atoms with Crippen molar-refractivity contribution >= 4 is 27.3 Å². The number of piperidine rings is 1. The largest absolute Gasteiger partial charge is 0.478 e. The highest BCUT2D eigenvalue weighted by atomic mass is 32.2. The van der Waals surface area contributed by atoms with E-state index in [1.165, 1.54) is 12.5 Å². The highest BCUT2D eigenvalue weighted by Gasteiger charge is 2.43. The molecule has 3 N–H and O–H groups in total. The molecule has 0 amide bonds. The number of carboxylic acid groups (broad SMARTS) is 1. The number of hydrogen-bond donors (Lipinski definition) is 3. The Morgan fingerprint density at radius 3 is 2.85 bits per heavy atom. The SMILES string of the molecule is Cc1cc(C2CC2CS(=O)(=O)Nc2c(F)cccc2C(=O)O)nc2cc([C@@H]3CCCCN3)nn12. The summed E-state index contributed by atoms with van der Waals surface area (Å²) in [5.41, 5.74) is 2.47. The Kier molecular flexibility index (Phi) is 5.76. The number of hydrogen-bond acceptors (Lipinski definition) is 6. The van der Waals surface area contributed by atoms with Gasteiger partial charge in [0.15, 0.2) is 5.65 Å². The van der Waals surface area contributed by atoms with Crippen molar-refractivity contribution in [1.82, 2.24) is 19.9 Å². The van der Waals surface area contributed by atoms with Crippen molar-refractivity contribution in [2.24, 2.45) is 5.92 Å². The molecule has 5 rings (SSSR count). The molecule has 2 aliphatic rings. The summed E-state index contributed by atoms with van der Waals surface area (Å²) >= 11 is 0. The molecule has 0 bridgehead atoms. The van der Waals surface area contributed by atoms with Crippen LogP contribution in [0.4, 0.5) is 10.1 Å². The molecular weight excluding hydrogens is 461 g/mol. The summed E-state index contributed by atoms with van der Waals surface area (Å²) < 4.78 is 43.5. The zero-order chi connectivity index (χ0) is 24.0. The molecule has 1 saturated heterocycles. The standard InChI is InChI=1S/C23H26FN5O4S/c1-13-9-19(26-21-11-20(27-29(13)21)18-7-2-3-8-25-18)16-10-14(16)12-34(32,33)28-22-15(23(30)31)5-4-6-17(22)24/h4-6,9,11,14,16,18,25,28H,2-3,7-8,10,12H2,1H3,(H,30,31)/t14?,16?,18-/m0/s1. The second-order valence-corrected chi connectivity index (χ2v) is 10.9. The maximum atomic E-state index is 14.2. The molecule has 3 atom stereocenters. The molecule has 3 aromatic rings. The molecule has 2 fully saturated rings. The van der Waals surface area contributed by atoms with Crippen LogP contribution in [0.3, 0.4) is 0 Å². The monoisotopic (exact) mass is 487 g/mol. The van der Waals surface area contributed by atoms with Gasteiger partial charge in [-0.05, 0) is 56.8 Å². The first-order valence-corrected chi connectivity index (χ1v) is 13.0. The van der Waals surface area contributed by atoms with Crippen LogP contribution in [0.1, 0.15) is 65.1 Å². The molecule has 1 saturated carbocycles. The number of para-hydroxylation sites is 1. The predicted molar refractivity (Wildman–Crippen MR) is 124 cm³/mol. The van der Waals surface area contributed by atoms with Crippen molar-refractivity contribution in [3.63, 3.8) is 0 Å². The number of benzene rings is 1. The third-order valence-electron chi connectivity index (χ3n) is 6.55. The molecule has 11 heteroatoms. The van der Waals surface area contributed by atoms with Crippen LogP contribution in [-0.2, 0) is 10.0 Å². The number of nitrogens with one attached hydrogen (secondary N) is 2. The number of rotatable bonds is 7. The summed E-state index contributed by atoms with van der Waals surface area (Å²) in [5.74, 6) is -2.80. The molecule has 9 nitrogen and oxygen atoms in total. The molecule has 0 radical (unpaired) electrons. The first-order chi connectivity index (χ1) is 16.2. The van der Waals surface area contributed by atoms with Crippen LogP contribution in [0.15, 0.2) is 30.3 Å². The summed E-state index contributed by atoms with van der Waals surface area (Å²) in [6.07, 6.45) is 4.01. The normalized spacial score (nSPS) is 22.6. The number of aromatic carboxylic acids is 1. The van der Waals surface area contributed by atoms with Crippen molar-refractivity contribution in [3.05, 3.63) is 58.8 Å². The van der Waals surface area contributed by atoms with Crippen molar-refractivity contribution in [3.8, 4) is 0 Å². The fourth-order valence-corrected chi connectivity index (χ4v) is 6.25. The fraction of sp³-hybridized carbons (Fsp3) is 0.435. The topological polar surface area (TPSA) is 126 Å². The van der Waals surface area contributed by atoms with E-state index in [-0.39, 0.29) is 23.6 Å². The molecule has 3 heterocycles. The summed E-state index contributed by atoms with van der Waals surface area (Å²) in [7, 11) is -3.96. The molecule has 0 spiro atoms. The lowest BCUT2D eigenvalue weighted by Crippen LogP contribution is -2.27. The van der Waals surface area contributed by atoms with Crippen LogP contribution in [0.2, 0.25) is 0 Å². The van der Waals surface area contributed by atoms with Crippen molar-refractivity contribution in [2.75, 3.05) is 17.0 Å². The quantitative estimate of drug-likeness (QED) is 0.467. The van der Waals surface area contributed by atoms with Crippen molar-refractivity contribution in [1.29, 1.82) is 0 Å². The number of fused-ring (bicyclic) bond motifs is 1. The Labute approximate surface area is 196 Å². The number of nitrogens with zero attached hydrogens (tertiary/aromatic N) is 3. The van der Waals surface area contributed by atoms with Crippen LogP contribution >= 0.6 is 0 Å². The second-order valence-electron chi connectivity index (χ2n) is 9.12. The van der Waals surface area contributed by atoms with E-state index in [4.69, 9.17) is 10.1 Å². The van der Waals surface area contributed by atoms with E-state index in [1.54, 1.807) is 0 Å². The number of aromatic nitrogens is 3. The third-order valence-corrected chi connectivity index (χ3v) is 7.93. The zero-order valence-electron chi connectivity index (χ0n) is 18.7. The van der Waals surface area contributed by atoms with Gasteiger partial charge in [0.25, 0.3) is 0 Å². The Hall–Kier alpha value is -3.05. The minimum absolute atomic E-state index is 0.0361. The summed E-state index contributed by atoms with van der Waals surface area (Å²) in [6, 6.07) is 7.55. The van der Waals surface area contributed by atoms with Gasteiger partial charge in [0.2, 0.25) is 10.0 Å². The first kappa shape index (κ1) is 22.7. The molecule has 34 heavy (non-hydrogen) atoms. The number of aryl methyl sites for hydroxylation is 1. The van der Waals surface area contributed by atoms with Gasteiger partial charge in [0, 0.05) is 23.4 Å². The van der Waals surface area contributed by atoms with E-state index in [0.717, 1.165) is 54.2 Å². The molecule has 2 unspecified atom stereocenters. The van der Waals surface area contributed by atoms with Gasteiger partial charge in [-0.25, -0.2) is 27.1 Å². The molecule has 1 aliphatic heterocycles. The average Bonchev–Trinajstić information content (AvgIpc) is 3.40. The van der Waals surface area contributed by atoms with Gasteiger partial charge in [-0.1, -0.05) is 12.5 Å². The summed E-state index contributed by atoms with van der Waals surface area (Å²) in [4.78, 5) is 16.1. The van der Waals surface area contributed by atoms with Crippen molar-refractivity contribution in [2.45, 2.75) is 44.6 Å². The molecule has 1 aromatic carbocycles. The van der Waals surface area contributed by atoms with E-state index in [1.807, 2.05) is 23.6 Å². The smallest absolute Gasteiger partial charge is 0.337 e. The van der Waals surface area contributed by atoms with E-state index < -0.39 is 33.1 Å². The van der Waals surface area contributed by atoms with Gasteiger partial charge in [-0.3, -0.25) is 4.72 Å². The Balaban J connectivity index is 1.32. The third kappa shape index (κ3) is 4.49. The lowest BCUT2D eigenvalue weighted by atomic mass is 10.0. The van der Waals surface area contributed by atoms with Crippen molar-refractivity contribution < 1.29 is 22.7 Å². The zero-order valence-corrected chi connectivity index (χ0v) is 19.5. The number of carbonyl (C=O) groups is 1. The van der Waals surface area contributed by atoms with Crippen LogP contribution in [0.25, 0.3) is 5.65 Å². The fourth-order valence-electron chi connectivity index (χ4n) is 4.71. The van der Waals surface area contributed by atoms with Gasteiger partial charge in [0.05, 0.1) is 28.7 Å². The molecule has 180 valence electrons. The van der Waals surface area contributed by atoms with Crippen LogP contribution in [0, 0.1) is 18.7 Å². The number of halogens is 1. The first-order valence-electron chi connectivity index (χ1n) is 11.3. The summed E-state index contributed by atoms with van der Waals surface area (Å²) in [5, 5.41) is 17.5. The number of carboxylic acids is 1. The van der Waals surface area contributed by atoms with E-state index in [2.05, 4.69) is 10.0 Å². The van der Waals surface area contributed by atoms with Gasteiger partial charge in [0.1, 0.15) is 5.82 Å². The van der Waals surface area contributed by atoms with Crippen LogP contribution in [-0.4, -0.2) is 46.4 Å². The van der Waals surface area contributed by atoms with Gasteiger partial charge in [-0.15, -0.1) is 0 Å². The molecule has 1 aliphatic carbocycles. The predicted octanol–water partition coefficient (Wildman–Crippen LogP) is 3.24.